The van der Waals surface area contributed by atoms with Gasteiger partial charge in [-0.05, 0) is 55.5 Å². The largest absolute Gasteiger partial charge is 0.310 e. The van der Waals surface area contributed by atoms with E-state index < -0.39 is 0 Å². The molecule has 134 valence electrons. The number of benzene rings is 2. The molecular formula is C26H25N. The molecule has 1 aliphatic carbocycles. The smallest absolute Gasteiger partial charge is 0.0540 e. The average molecular weight is 351 g/mol. The minimum absolute atomic E-state index is 1.04. The summed E-state index contributed by atoms with van der Waals surface area (Å²) in [4.78, 5) is 0. The van der Waals surface area contributed by atoms with Gasteiger partial charge in [-0.15, -0.1) is 0 Å². The lowest BCUT2D eigenvalue weighted by atomic mass is 10.0. The minimum atomic E-state index is 1.04. The Kier molecular flexibility index (Phi) is 4.68. The second-order valence-corrected chi connectivity index (χ2v) is 7.15. The van der Waals surface area contributed by atoms with Crippen LogP contribution in [0.3, 0.4) is 0 Å². The summed E-state index contributed by atoms with van der Waals surface area (Å²) in [7, 11) is 0. The van der Waals surface area contributed by atoms with E-state index >= 15 is 0 Å². The Hall–Kier alpha value is -3.06. The number of hydrogen-bond acceptors (Lipinski definition) is 0. The summed E-state index contributed by atoms with van der Waals surface area (Å²) in [5, 5.41) is 3.48. The van der Waals surface area contributed by atoms with Crippen molar-refractivity contribution in [3.05, 3.63) is 94.5 Å². The zero-order valence-electron chi connectivity index (χ0n) is 16.1. The number of para-hydroxylation sites is 1. The second kappa shape index (κ2) is 7.28. The molecule has 2 aromatic carbocycles. The average Bonchev–Trinajstić information content (AvgIpc) is 2.98. The molecule has 0 bridgehead atoms. The Morgan fingerprint density at radius 3 is 2.59 bits per heavy atom. The van der Waals surface area contributed by atoms with Crippen molar-refractivity contribution in [2.24, 2.45) is 0 Å². The topological polar surface area (TPSA) is 4.93 Å². The summed E-state index contributed by atoms with van der Waals surface area (Å²) in [6, 6.07) is 17.1. The third kappa shape index (κ3) is 3.21. The van der Waals surface area contributed by atoms with E-state index in [2.05, 4.69) is 104 Å². The Morgan fingerprint density at radius 2 is 1.81 bits per heavy atom. The first-order chi connectivity index (χ1) is 13.2. The number of fused-ring (bicyclic) bond motifs is 1. The predicted octanol–water partition coefficient (Wildman–Crippen LogP) is 5.43. The third-order valence-electron chi connectivity index (χ3n) is 5.32. The molecule has 0 fully saturated rings. The molecule has 0 saturated heterocycles. The van der Waals surface area contributed by atoms with E-state index in [9.17, 15) is 0 Å². The summed E-state index contributed by atoms with van der Waals surface area (Å²) in [6.07, 6.45) is 13.4. The van der Waals surface area contributed by atoms with Gasteiger partial charge in [-0.3, -0.25) is 0 Å². The van der Waals surface area contributed by atoms with Crippen LogP contribution in [0.1, 0.15) is 30.9 Å². The van der Waals surface area contributed by atoms with Crippen molar-refractivity contribution >= 4 is 34.8 Å². The summed E-state index contributed by atoms with van der Waals surface area (Å²) in [6.45, 7) is 8.76. The first-order valence-electron chi connectivity index (χ1n) is 9.57. The number of aromatic nitrogens is 1. The predicted molar refractivity (Wildman–Crippen MR) is 119 cm³/mol. The van der Waals surface area contributed by atoms with E-state index in [1.54, 1.807) is 0 Å². The standard InChI is InChI=1S/C26H25N/c1-19-11-7-8-14-23(19)20(2)17-18-24-21(3)27(22-12-5-4-6-13-22)26-16-10-9-15-25(24)26/h5,7-18H,3-4,6H2,1-2H3/b20-17+,24-18+. The highest BCUT2D eigenvalue weighted by molar-refractivity contribution is 5.87. The molecule has 27 heavy (non-hydrogen) atoms. The van der Waals surface area contributed by atoms with Gasteiger partial charge in [0.25, 0.3) is 0 Å². The molecule has 1 nitrogen and oxygen atoms in total. The maximum atomic E-state index is 4.43. The van der Waals surface area contributed by atoms with Crippen LogP contribution in [0.5, 0.6) is 0 Å². The second-order valence-electron chi connectivity index (χ2n) is 7.15. The molecule has 3 aromatic rings. The Balaban J connectivity index is 1.91. The lowest BCUT2D eigenvalue weighted by molar-refractivity contribution is 1.00. The summed E-state index contributed by atoms with van der Waals surface area (Å²) in [5.74, 6) is 0. The van der Waals surface area contributed by atoms with Crippen LogP contribution < -0.4 is 10.6 Å². The molecule has 1 heterocycles. The molecule has 0 N–H and O–H groups in total. The van der Waals surface area contributed by atoms with Gasteiger partial charge in [0.2, 0.25) is 0 Å². The van der Waals surface area contributed by atoms with Gasteiger partial charge in [0.15, 0.2) is 0 Å². The number of aryl methyl sites for hydroxylation is 1. The number of rotatable bonds is 3. The van der Waals surface area contributed by atoms with Gasteiger partial charge >= 0.3 is 0 Å². The lowest BCUT2D eigenvalue weighted by Crippen LogP contribution is -2.27. The third-order valence-corrected chi connectivity index (χ3v) is 5.32. The Morgan fingerprint density at radius 1 is 1.04 bits per heavy atom. The van der Waals surface area contributed by atoms with Crippen molar-refractivity contribution in [3.63, 3.8) is 0 Å². The first kappa shape index (κ1) is 17.4. The maximum absolute atomic E-state index is 4.43. The number of hydrogen-bond donors (Lipinski definition) is 0. The summed E-state index contributed by atoms with van der Waals surface area (Å²) < 4.78 is 2.29. The highest BCUT2D eigenvalue weighted by Gasteiger charge is 2.09. The minimum Gasteiger partial charge on any atom is -0.310 e. The van der Waals surface area contributed by atoms with Crippen molar-refractivity contribution in [1.82, 2.24) is 4.57 Å². The molecule has 4 rings (SSSR count). The van der Waals surface area contributed by atoms with Crippen LogP contribution in [0.25, 0.3) is 34.8 Å². The Bertz CT molecular complexity index is 1200. The van der Waals surface area contributed by atoms with E-state index in [1.165, 1.54) is 38.5 Å². The van der Waals surface area contributed by atoms with E-state index in [-0.39, 0.29) is 0 Å². The number of allylic oxidation sites excluding steroid dienone is 6. The highest BCUT2D eigenvalue weighted by Crippen LogP contribution is 2.20. The first-order valence-corrected chi connectivity index (χ1v) is 9.57. The molecule has 0 aliphatic heterocycles. The molecule has 1 aromatic heterocycles. The van der Waals surface area contributed by atoms with Gasteiger partial charge in [-0.25, -0.2) is 0 Å². The van der Waals surface area contributed by atoms with E-state index in [0.29, 0.717) is 0 Å². The Labute approximate surface area is 161 Å². The SMILES string of the molecule is C=c1/c(=C\C=C(/C)c2ccccc2C)c2ccccc2n1C1=CCCC=C1. The van der Waals surface area contributed by atoms with Crippen LogP contribution in [-0.2, 0) is 0 Å². The van der Waals surface area contributed by atoms with Gasteiger partial charge in [0.05, 0.1) is 5.52 Å². The molecule has 1 aliphatic rings. The van der Waals surface area contributed by atoms with Gasteiger partial charge < -0.3 is 4.57 Å². The maximum Gasteiger partial charge on any atom is 0.0540 e. The van der Waals surface area contributed by atoms with Crippen molar-refractivity contribution < 1.29 is 0 Å². The van der Waals surface area contributed by atoms with Crippen LogP contribution in [0, 0.1) is 6.92 Å². The van der Waals surface area contributed by atoms with Crippen molar-refractivity contribution in [2.75, 3.05) is 0 Å². The van der Waals surface area contributed by atoms with Crippen LogP contribution >= 0.6 is 0 Å². The lowest BCUT2D eigenvalue weighted by Gasteiger charge is -2.10. The molecular weight excluding hydrogens is 326 g/mol. The fourth-order valence-electron chi connectivity index (χ4n) is 3.88. The van der Waals surface area contributed by atoms with Crippen molar-refractivity contribution in [2.45, 2.75) is 26.7 Å². The molecule has 0 saturated carbocycles. The van der Waals surface area contributed by atoms with Crippen LogP contribution in [0.15, 0.2) is 72.8 Å². The fourth-order valence-corrected chi connectivity index (χ4v) is 3.88. The molecule has 0 radical (unpaired) electrons. The molecule has 0 unspecified atom stereocenters. The van der Waals surface area contributed by atoms with Crippen LogP contribution in [-0.4, -0.2) is 4.57 Å². The normalized spacial score (nSPS) is 15.4. The quantitative estimate of drug-likeness (QED) is 0.592. The van der Waals surface area contributed by atoms with E-state index in [0.717, 1.165) is 18.2 Å². The number of nitrogens with zero attached hydrogens (tertiary/aromatic N) is 1. The summed E-state index contributed by atoms with van der Waals surface area (Å²) in [5.41, 5.74) is 6.30. The van der Waals surface area contributed by atoms with Crippen molar-refractivity contribution in [3.8, 4) is 0 Å². The summed E-state index contributed by atoms with van der Waals surface area (Å²) >= 11 is 0. The molecule has 1 heteroatoms. The zero-order valence-corrected chi connectivity index (χ0v) is 16.1. The van der Waals surface area contributed by atoms with Gasteiger partial charge in [0, 0.05) is 21.7 Å². The fraction of sp³-hybridized carbons (Fsp3) is 0.154. The van der Waals surface area contributed by atoms with Crippen LogP contribution in [0.4, 0.5) is 0 Å². The van der Waals surface area contributed by atoms with E-state index in [1.807, 2.05) is 0 Å². The van der Waals surface area contributed by atoms with E-state index in [4.69, 9.17) is 0 Å². The zero-order chi connectivity index (χ0) is 18.8. The van der Waals surface area contributed by atoms with Crippen LogP contribution in [0.2, 0.25) is 0 Å². The molecule has 0 atom stereocenters. The van der Waals surface area contributed by atoms with Crippen molar-refractivity contribution in [1.29, 1.82) is 0 Å². The molecule has 0 amide bonds. The monoisotopic (exact) mass is 351 g/mol. The highest BCUT2D eigenvalue weighted by atomic mass is 15.0. The molecule has 0 spiro atoms. The van der Waals surface area contributed by atoms with Gasteiger partial charge in [0.1, 0.15) is 0 Å². The van der Waals surface area contributed by atoms with Gasteiger partial charge in [-0.1, -0.05) is 73.3 Å². The van der Waals surface area contributed by atoms with Gasteiger partial charge in [-0.2, -0.15) is 0 Å².